The molecule has 2 aromatic carbocycles. The van der Waals surface area contributed by atoms with E-state index in [2.05, 4.69) is 5.32 Å². The Balaban J connectivity index is 2.04. The van der Waals surface area contributed by atoms with Gasteiger partial charge in [0.1, 0.15) is 11.5 Å². The maximum atomic E-state index is 11.7. The molecule has 0 aliphatic heterocycles. The first-order valence-corrected chi connectivity index (χ1v) is 5.71. The lowest BCUT2D eigenvalue weighted by Gasteiger charge is -2.03. The molecule has 0 unspecified atom stereocenters. The molecule has 0 bridgehead atoms. The molecule has 0 radical (unpaired) electrons. The molecule has 0 spiro atoms. The second-order valence-electron chi connectivity index (χ2n) is 3.93. The van der Waals surface area contributed by atoms with Crippen molar-refractivity contribution in [2.45, 2.75) is 0 Å². The number of phenolic OH excluding ortho intramolecular Hbond substituents is 2. The predicted octanol–water partition coefficient (Wildman–Crippen LogP) is 2.75. The highest BCUT2D eigenvalue weighted by molar-refractivity contribution is 6.02. The van der Waals surface area contributed by atoms with Crippen LogP contribution >= 0.6 is 0 Å². The van der Waals surface area contributed by atoms with E-state index >= 15 is 0 Å². The summed E-state index contributed by atoms with van der Waals surface area (Å²) >= 11 is 0. The van der Waals surface area contributed by atoms with Gasteiger partial charge in [0.05, 0.1) is 5.69 Å². The van der Waals surface area contributed by atoms with Crippen LogP contribution in [0.4, 0.5) is 5.69 Å². The van der Waals surface area contributed by atoms with Gasteiger partial charge in [0.2, 0.25) is 5.91 Å². The van der Waals surface area contributed by atoms with Crippen LogP contribution in [0.2, 0.25) is 0 Å². The fourth-order valence-electron chi connectivity index (χ4n) is 1.55. The minimum absolute atomic E-state index is 0.0154. The second-order valence-corrected chi connectivity index (χ2v) is 3.93. The number of carbonyl (C=O) groups is 1. The van der Waals surface area contributed by atoms with Crippen molar-refractivity contribution in [3.05, 3.63) is 60.2 Å². The molecule has 2 aromatic rings. The molecule has 3 N–H and O–H groups in total. The number of benzene rings is 2. The van der Waals surface area contributed by atoms with Crippen LogP contribution in [-0.2, 0) is 4.79 Å². The zero-order chi connectivity index (χ0) is 13.7. The summed E-state index contributed by atoms with van der Waals surface area (Å²) < 4.78 is 0. The molecule has 0 heterocycles. The first-order chi connectivity index (χ1) is 9.15. The first-order valence-electron chi connectivity index (χ1n) is 5.71. The summed E-state index contributed by atoms with van der Waals surface area (Å²) in [6, 6.07) is 13.1. The quantitative estimate of drug-likeness (QED) is 0.583. The summed E-state index contributed by atoms with van der Waals surface area (Å²) in [5.41, 5.74) is 1.07. The third-order valence-electron chi connectivity index (χ3n) is 2.46. The number of nitrogens with one attached hydrogen (secondary N) is 1. The van der Waals surface area contributed by atoms with Crippen LogP contribution in [0.25, 0.3) is 6.08 Å². The molecule has 0 saturated carbocycles. The topological polar surface area (TPSA) is 69.6 Å². The lowest BCUT2D eigenvalue weighted by molar-refractivity contribution is -0.111. The van der Waals surface area contributed by atoms with Gasteiger partial charge in [-0.2, -0.15) is 0 Å². The number of hydrogen-bond acceptors (Lipinski definition) is 3. The fourth-order valence-corrected chi connectivity index (χ4v) is 1.55. The van der Waals surface area contributed by atoms with Gasteiger partial charge >= 0.3 is 0 Å². The average Bonchev–Trinajstić information content (AvgIpc) is 2.39. The summed E-state index contributed by atoms with van der Waals surface area (Å²) in [5, 5.41) is 21.3. The van der Waals surface area contributed by atoms with Crippen molar-refractivity contribution in [3.63, 3.8) is 0 Å². The number of aromatic hydroxyl groups is 2. The summed E-state index contributed by atoms with van der Waals surface area (Å²) in [6.07, 6.45) is 2.91. The molecule has 4 nitrogen and oxygen atoms in total. The van der Waals surface area contributed by atoms with Gasteiger partial charge in [-0.3, -0.25) is 4.79 Å². The molecular weight excluding hydrogens is 242 g/mol. The Morgan fingerprint density at radius 1 is 1.05 bits per heavy atom. The summed E-state index contributed by atoms with van der Waals surface area (Å²) in [6.45, 7) is 0. The molecule has 0 aromatic heterocycles. The molecule has 0 saturated heterocycles. The standard InChI is InChI=1S/C15H13NO3/c17-12-5-3-4-11(10-12)8-9-15(19)16-13-6-1-2-7-14(13)18/h1-10,17-18H,(H,16,19)/b9-8+. The maximum Gasteiger partial charge on any atom is 0.248 e. The van der Waals surface area contributed by atoms with Crippen molar-refractivity contribution in [2.24, 2.45) is 0 Å². The minimum atomic E-state index is -0.357. The third kappa shape index (κ3) is 3.61. The van der Waals surface area contributed by atoms with Crippen molar-refractivity contribution < 1.29 is 15.0 Å². The van der Waals surface area contributed by atoms with Crippen LogP contribution in [0.1, 0.15) is 5.56 Å². The van der Waals surface area contributed by atoms with E-state index in [-0.39, 0.29) is 17.4 Å². The van der Waals surface area contributed by atoms with E-state index in [0.717, 1.165) is 0 Å². The van der Waals surface area contributed by atoms with Crippen molar-refractivity contribution in [1.82, 2.24) is 0 Å². The average molecular weight is 255 g/mol. The SMILES string of the molecule is O=C(/C=C/c1cccc(O)c1)Nc1ccccc1O. The highest BCUT2D eigenvalue weighted by Crippen LogP contribution is 2.21. The van der Waals surface area contributed by atoms with Crippen LogP contribution in [0.3, 0.4) is 0 Å². The van der Waals surface area contributed by atoms with Crippen molar-refractivity contribution in [1.29, 1.82) is 0 Å². The van der Waals surface area contributed by atoms with Gasteiger partial charge in [0, 0.05) is 6.08 Å². The molecule has 2 rings (SSSR count). The van der Waals surface area contributed by atoms with E-state index in [1.165, 1.54) is 12.1 Å². The number of phenols is 2. The smallest absolute Gasteiger partial charge is 0.248 e. The molecule has 1 amide bonds. The van der Waals surface area contributed by atoms with E-state index < -0.39 is 0 Å². The van der Waals surface area contributed by atoms with E-state index in [4.69, 9.17) is 0 Å². The summed E-state index contributed by atoms with van der Waals surface area (Å²) in [4.78, 5) is 11.7. The lowest BCUT2D eigenvalue weighted by atomic mass is 10.2. The van der Waals surface area contributed by atoms with E-state index in [1.54, 1.807) is 48.5 Å². The van der Waals surface area contributed by atoms with Gasteiger partial charge in [-0.1, -0.05) is 24.3 Å². The second kappa shape index (κ2) is 5.73. The van der Waals surface area contributed by atoms with Crippen LogP contribution in [0.15, 0.2) is 54.6 Å². The first kappa shape index (κ1) is 12.7. The van der Waals surface area contributed by atoms with Gasteiger partial charge in [0.15, 0.2) is 0 Å². The largest absolute Gasteiger partial charge is 0.508 e. The summed E-state index contributed by atoms with van der Waals surface area (Å²) in [7, 11) is 0. The molecule has 4 heteroatoms. The number of anilines is 1. The van der Waals surface area contributed by atoms with Crippen LogP contribution in [0, 0.1) is 0 Å². The van der Waals surface area contributed by atoms with Gasteiger partial charge in [-0.05, 0) is 35.9 Å². The molecule has 0 aliphatic carbocycles. The predicted molar refractivity (Wildman–Crippen MR) is 73.9 cm³/mol. The van der Waals surface area contributed by atoms with Crippen LogP contribution in [-0.4, -0.2) is 16.1 Å². The molecular formula is C15H13NO3. The van der Waals surface area contributed by atoms with Crippen molar-refractivity contribution in [3.8, 4) is 11.5 Å². The number of carbonyl (C=O) groups excluding carboxylic acids is 1. The summed E-state index contributed by atoms with van der Waals surface area (Å²) in [5.74, 6) is -0.199. The third-order valence-corrected chi connectivity index (χ3v) is 2.46. The van der Waals surface area contributed by atoms with Gasteiger partial charge in [0.25, 0.3) is 0 Å². The van der Waals surface area contributed by atoms with Crippen molar-refractivity contribution in [2.75, 3.05) is 5.32 Å². The van der Waals surface area contributed by atoms with Crippen molar-refractivity contribution >= 4 is 17.7 Å². The molecule has 19 heavy (non-hydrogen) atoms. The Labute approximate surface area is 110 Å². The maximum absolute atomic E-state index is 11.7. The molecule has 96 valence electrons. The number of hydrogen-bond donors (Lipinski definition) is 3. The van der Waals surface area contributed by atoms with Gasteiger partial charge in [-0.15, -0.1) is 0 Å². The Morgan fingerprint density at radius 2 is 1.84 bits per heavy atom. The Hall–Kier alpha value is -2.75. The van der Waals surface area contributed by atoms with E-state index in [9.17, 15) is 15.0 Å². The lowest BCUT2D eigenvalue weighted by Crippen LogP contribution is -2.07. The molecule has 0 fully saturated rings. The number of amides is 1. The van der Waals surface area contributed by atoms with E-state index in [0.29, 0.717) is 11.3 Å². The number of rotatable bonds is 3. The molecule has 0 atom stereocenters. The zero-order valence-electron chi connectivity index (χ0n) is 10.1. The zero-order valence-corrected chi connectivity index (χ0v) is 10.1. The van der Waals surface area contributed by atoms with Gasteiger partial charge < -0.3 is 15.5 Å². The Morgan fingerprint density at radius 3 is 2.58 bits per heavy atom. The van der Waals surface area contributed by atoms with E-state index in [1.807, 2.05) is 0 Å². The van der Waals surface area contributed by atoms with Gasteiger partial charge in [-0.25, -0.2) is 0 Å². The fraction of sp³-hybridized carbons (Fsp3) is 0. The highest BCUT2D eigenvalue weighted by Gasteiger charge is 2.02. The molecule has 0 aliphatic rings. The number of para-hydroxylation sites is 2. The highest BCUT2D eigenvalue weighted by atomic mass is 16.3. The monoisotopic (exact) mass is 255 g/mol. The van der Waals surface area contributed by atoms with Crippen LogP contribution in [0.5, 0.6) is 11.5 Å². The Kier molecular flexibility index (Phi) is 3.83. The Bertz CT molecular complexity index is 620. The van der Waals surface area contributed by atoms with Crippen LogP contribution < -0.4 is 5.32 Å². The normalized spacial score (nSPS) is 10.5. The minimum Gasteiger partial charge on any atom is -0.508 e.